The van der Waals surface area contributed by atoms with E-state index in [1.165, 1.54) is 5.56 Å². The van der Waals surface area contributed by atoms with Crippen molar-refractivity contribution >= 4 is 5.71 Å². The van der Waals surface area contributed by atoms with Gasteiger partial charge in [-0.25, -0.2) is 0 Å². The molecule has 3 nitrogen and oxygen atoms in total. The lowest BCUT2D eigenvalue weighted by Gasteiger charge is -2.11. The normalized spacial score (nSPS) is 13.9. The molecule has 0 bridgehead atoms. The number of hydrogen-bond acceptors (Lipinski definition) is 3. The lowest BCUT2D eigenvalue weighted by molar-refractivity contribution is 0.315. The van der Waals surface area contributed by atoms with Crippen LogP contribution in [-0.2, 0) is 6.42 Å². The highest BCUT2D eigenvalue weighted by Gasteiger charge is 2.04. The Labute approximate surface area is 90.8 Å². The van der Waals surface area contributed by atoms with Crippen molar-refractivity contribution in [3.8, 4) is 0 Å². The Bertz CT molecular complexity index is 309. The first-order valence-corrected chi connectivity index (χ1v) is 5.20. The monoisotopic (exact) mass is 206 g/mol. The predicted octanol–water partition coefficient (Wildman–Crippen LogP) is 2.06. The quantitative estimate of drug-likeness (QED) is 0.440. The van der Waals surface area contributed by atoms with Gasteiger partial charge in [-0.05, 0) is 32.4 Å². The van der Waals surface area contributed by atoms with Crippen molar-refractivity contribution in [1.82, 2.24) is 5.32 Å². The molecule has 0 saturated heterocycles. The first kappa shape index (κ1) is 11.7. The van der Waals surface area contributed by atoms with E-state index in [2.05, 4.69) is 22.6 Å². The van der Waals surface area contributed by atoms with Gasteiger partial charge in [0.15, 0.2) is 0 Å². The Morgan fingerprint density at radius 3 is 2.67 bits per heavy atom. The van der Waals surface area contributed by atoms with Crippen LogP contribution in [0, 0.1) is 0 Å². The van der Waals surface area contributed by atoms with Gasteiger partial charge in [-0.1, -0.05) is 35.5 Å². The molecule has 3 heteroatoms. The van der Waals surface area contributed by atoms with Gasteiger partial charge in [-0.2, -0.15) is 0 Å². The van der Waals surface area contributed by atoms with Gasteiger partial charge in [0.25, 0.3) is 0 Å². The third-order valence-electron chi connectivity index (χ3n) is 2.49. The van der Waals surface area contributed by atoms with Crippen LogP contribution in [0.4, 0.5) is 0 Å². The molecule has 1 unspecified atom stereocenters. The van der Waals surface area contributed by atoms with E-state index < -0.39 is 0 Å². The molecule has 1 aromatic carbocycles. The van der Waals surface area contributed by atoms with Gasteiger partial charge in [-0.15, -0.1) is 0 Å². The fourth-order valence-electron chi connectivity index (χ4n) is 1.31. The molecule has 0 radical (unpaired) electrons. The van der Waals surface area contributed by atoms with Crippen LogP contribution >= 0.6 is 0 Å². The SMILES string of the molecule is CC(=NO)C(C)NCCc1ccccc1. The van der Waals surface area contributed by atoms with Crippen molar-refractivity contribution in [2.75, 3.05) is 6.54 Å². The maximum Gasteiger partial charge on any atom is 0.0706 e. The second kappa shape index (κ2) is 6.19. The topological polar surface area (TPSA) is 44.6 Å². The van der Waals surface area contributed by atoms with E-state index in [0.29, 0.717) is 5.71 Å². The summed E-state index contributed by atoms with van der Waals surface area (Å²) in [5.41, 5.74) is 2.03. The lowest BCUT2D eigenvalue weighted by Crippen LogP contribution is -2.33. The van der Waals surface area contributed by atoms with E-state index in [1.54, 1.807) is 6.92 Å². The highest BCUT2D eigenvalue weighted by molar-refractivity contribution is 5.86. The minimum Gasteiger partial charge on any atom is -0.411 e. The Balaban J connectivity index is 2.28. The number of oxime groups is 1. The molecule has 15 heavy (non-hydrogen) atoms. The highest BCUT2D eigenvalue weighted by Crippen LogP contribution is 1.98. The molecule has 0 aliphatic rings. The van der Waals surface area contributed by atoms with Crippen LogP contribution < -0.4 is 5.32 Å². The summed E-state index contributed by atoms with van der Waals surface area (Å²) in [4.78, 5) is 0. The van der Waals surface area contributed by atoms with Crippen molar-refractivity contribution in [3.05, 3.63) is 35.9 Å². The Morgan fingerprint density at radius 2 is 2.07 bits per heavy atom. The van der Waals surface area contributed by atoms with Gasteiger partial charge in [0.1, 0.15) is 0 Å². The van der Waals surface area contributed by atoms with Gasteiger partial charge in [0.05, 0.1) is 5.71 Å². The maximum atomic E-state index is 8.57. The average Bonchev–Trinajstić information content (AvgIpc) is 2.29. The molecule has 1 aromatic rings. The summed E-state index contributed by atoms with van der Waals surface area (Å²) in [7, 11) is 0. The molecular formula is C12H18N2O. The summed E-state index contributed by atoms with van der Waals surface area (Å²) in [6.45, 7) is 4.68. The Hall–Kier alpha value is -1.35. The minimum absolute atomic E-state index is 0.124. The third kappa shape index (κ3) is 4.13. The molecule has 1 rings (SSSR count). The molecule has 0 fully saturated rings. The van der Waals surface area contributed by atoms with Crippen LogP contribution in [0.2, 0.25) is 0 Å². The van der Waals surface area contributed by atoms with Crippen molar-refractivity contribution in [3.63, 3.8) is 0 Å². The fraction of sp³-hybridized carbons (Fsp3) is 0.417. The number of rotatable bonds is 5. The summed E-state index contributed by atoms with van der Waals surface area (Å²) in [6.07, 6.45) is 0.990. The first-order valence-electron chi connectivity index (χ1n) is 5.20. The van der Waals surface area contributed by atoms with Gasteiger partial charge in [0, 0.05) is 6.04 Å². The molecule has 0 saturated carbocycles. The maximum absolute atomic E-state index is 8.57. The van der Waals surface area contributed by atoms with Crippen LogP contribution in [0.3, 0.4) is 0 Å². The van der Waals surface area contributed by atoms with E-state index in [1.807, 2.05) is 25.1 Å². The van der Waals surface area contributed by atoms with E-state index in [-0.39, 0.29) is 6.04 Å². The minimum atomic E-state index is 0.124. The molecule has 0 amide bonds. The molecule has 0 aromatic heterocycles. The molecule has 2 N–H and O–H groups in total. The van der Waals surface area contributed by atoms with E-state index >= 15 is 0 Å². The fourth-order valence-corrected chi connectivity index (χ4v) is 1.31. The van der Waals surface area contributed by atoms with Crippen molar-refractivity contribution in [2.24, 2.45) is 5.16 Å². The van der Waals surface area contributed by atoms with E-state index in [9.17, 15) is 0 Å². The molecule has 0 heterocycles. The van der Waals surface area contributed by atoms with Gasteiger partial charge >= 0.3 is 0 Å². The van der Waals surface area contributed by atoms with Crippen LogP contribution in [0.5, 0.6) is 0 Å². The molecule has 1 atom stereocenters. The van der Waals surface area contributed by atoms with Crippen LogP contribution in [0.15, 0.2) is 35.5 Å². The number of hydrogen-bond donors (Lipinski definition) is 2. The third-order valence-corrected chi connectivity index (χ3v) is 2.49. The van der Waals surface area contributed by atoms with Crippen LogP contribution in [-0.4, -0.2) is 23.5 Å². The summed E-state index contributed by atoms with van der Waals surface area (Å²) in [5.74, 6) is 0. The molecule has 0 spiro atoms. The average molecular weight is 206 g/mol. The standard InChI is InChI=1S/C12H18N2O/c1-10(11(2)14-15)13-9-8-12-6-4-3-5-7-12/h3-7,10,13,15H,8-9H2,1-2H3. The molecule has 0 aliphatic heterocycles. The Kier molecular flexibility index (Phi) is 4.84. The number of benzene rings is 1. The number of nitrogens with one attached hydrogen (secondary N) is 1. The lowest BCUT2D eigenvalue weighted by atomic mass is 10.1. The van der Waals surface area contributed by atoms with Gasteiger partial charge < -0.3 is 10.5 Å². The number of nitrogens with zero attached hydrogens (tertiary/aromatic N) is 1. The summed E-state index contributed by atoms with van der Waals surface area (Å²) < 4.78 is 0. The zero-order valence-electron chi connectivity index (χ0n) is 9.27. The predicted molar refractivity (Wildman–Crippen MR) is 62.5 cm³/mol. The first-order chi connectivity index (χ1) is 7.24. The summed E-state index contributed by atoms with van der Waals surface area (Å²) >= 11 is 0. The smallest absolute Gasteiger partial charge is 0.0706 e. The molecular weight excluding hydrogens is 188 g/mol. The van der Waals surface area contributed by atoms with Gasteiger partial charge in [-0.3, -0.25) is 0 Å². The van der Waals surface area contributed by atoms with E-state index in [4.69, 9.17) is 5.21 Å². The zero-order chi connectivity index (χ0) is 11.1. The Morgan fingerprint density at radius 1 is 1.40 bits per heavy atom. The molecule has 0 aliphatic carbocycles. The van der Waals surface area contributed by atoms with Crippen LogP contribution in [0.1, 0.15) is 19.4 Å². The second-order valence-electron chi connectivity index (χ2n) is 3.65. The second-order valence-corrected chi connectivity index (χ2v) is 3.65. The summed E-state index contributed by atoms with van der Waals surface area (Å²) in [6, 6.07) is 10.4. The van der Waals surface area contributed by atoms with E-state index in [0.717, 1.165) is 13.0 Å². The highest BCUT2D eigenvalue weighted by atomic mass is 16.4. The summed E-state index contributed by atoms with van der Waals surface area (Å²) in [5, 5.41) is 15.0. The van der Waals surface area contributed by atoms with Crippen molar-refractivity contribution in [1.29, 1.82) is 0 Å². The van der Waals surface area contributed by atoms with Crippen molar-refractivity contribution in [2.45, 2.75) is 26.3 Å². The van der Waals surface area contributed by atoms with Crippen molar-refractivity contribution < 1.29 is 5.21 Å². The zero-order valence-corrected chi connectivity index (χ0v) is 9.27. The van der Waals surface area contributed by atoms with Crippen LogP contribution in [0.25, 0.3) is 0 Å². The molecule has 82 valence electrons. The van der Waals surface area contributed by atoms with Gasteiger partial charge in [0.2, 0.25) is 0 Å². The largest absolute Gasteiger partial charge is 0.411 e.